The predicted molar refractivity (Wildman–Crippen MR) is 103 cm³/mol. The molecule has 0 aliphatic rings. The van der Waals surface area contributed by atoms with Gasteiger partial charge in [0.2, 0.25) is 0 Å². The molecule has 0 fully saturated rings. The molecule has 3 nitrogen and oxygen atoms in total. The average molecular weight is 349 g/mol. The molecule has 0 bridgehead atoms. The number of aromatic nitrogens is 2. The number of aromatic amines is 1. The second-order valence-corrected chi connectivity index (χ2v) is 6.71. The lowest BCUT2D eigenvalue weighted by atomic mass is 10.1. The number of fused-ring (bicyclic) bond motifs is 1. The molecule has 0 atom stereocenters. The molecule has 2 N–H and O–H groups in total. The fraction of sp³-hybridized carbons (Fsp3) is 0.0500. The van der Waals surface area contributed by atoms with Crippen LogP contribution in [0.3, 0.4) is 0 Å². The van der Waals surface area contributed by atoms with Gasteiger partial charge in [-0.2, -0.15) is 0 Å². The molecule has 25 heavy (non-hydrogen) atoms. The fourth-order valence-corrected chi connectivity index (χ4v) is 3.31. The number of anilines is 1. The van der Waals surface area contributed by atoms with Gasteiger partial charge in [0.1, 0.15) is 11.6 Å². The summed E-state index contributed by atoms with van der Waals surface area (Å²) in [5, 5.41) is 5.39. The lowest BCUT2D eigenvalue weighted by Gasteiger charge is -2.09. The minimum atomic E-state index is -0.241. The first kappa shape index (κ1) is 15.6. The highest BCUT2D eigenvalue weighted by Crippen LogP contribution is 2.26. The quantitative estimate of drug-likeness (QED) is 0.495. The van der Waals surface area contributed by atoms with Crippen LogP contribution in [0.4, 0.5) is 10.1 Å². The number of thiophene rings is 1. The zero-order valence-corrected chi connectivity index (χ0v) is 14.2. The standard InChI is InChI=1S/C20H16FN3S/c1-13(14-4-6-15(21)7-5-14)12-22-16-8-9-17-18(11-16)24-20(23-17)19-3-2-10-25-19/h2-11,22H,1,12H2,(H,23,24). The van der Waals surface area contributed by atoms with Crippen molar-refractivity contribution in [2.75, 3.05) is 11.9 Å². The van der Waals surface area contributed by atoms with Crippen LogP contribution in [0.2, 0.25) is 0 Å². The number of imidazole rings is 1. The highest BCUT2D eigenvalue weighted by atomic mass is 32.1. The van der Waals surface area contributed by atoms with Gasteiger partial charge in [-0.3, -0.25) is 0 Å². The molecular weight excluding hydrogens is 333 g/mol. The minimum absolute atomic E-state index is 0.241. The molecule has 0 spiro atoms. The van der Waals surface area contributed by atoms with Crippen molar-refractivity contribution in [1.82, 2.24) is 9.97 Å². The van der Waals surface area contributed by atoms with Crippen molar-refractivity contribution in [1.29, 1.82) is 0 Å². The molecule has 5 heteroatoms. The highest BCUT2D eigenvalue weighted by molar-refractivity contribution is 7.13. The van der Waals surface area contributed by atoms with Crippen LogP contribution in [0.5, 0.6) is 0 Å². The Balaban J connectivity index is 1.50. The van der Waals surface area contributed by atoms with E-state index in [1.54, 1.807) is 23.5 Å². The van der Waals surface area contributed by atoms with Gasteiger partial charge in [0, 0.05) is 12.2 Å². The van der Waals surface area contributed by atoms with Crippen LogP contribution >= 0.6 is 11.3 Å². The Bertz CT molecular complexity index is 1020. The van der Waals surface area contributed by atoms with Crippen LogP contribution < -0.4 is 5.32 Å². The Morgan fingerprint density at radius 3 is 2.76 bits per heavy atom. The zero-order chi connectivity index (χ0) is 17.2. The van der Waals surface area contributed by atoms with E-state index < -0.39 is 0 Å². The summed E-state index contributed by atoms with van der Waals surface area (Å²) in [4.78, 5) is 9.12. The van der Waals surface area contributed by atoms with Gasteiger partial charge < -0.3 is 10.3 Å². The number of halogens is 1. The number of nitrogens with zero attached hydrogens (tertiary/aromatic N) is 1. The molecule has 0 unspecified atom stereocenters. The van der Waals surface area contributed by atoms with Gasteiger partial charge in [0.05, 0.1) is 15.9 Å². The molecule has 2 aromatic carbocycles. The van der Waals surface area contributed by atoms with Crippen LogP contribution in [0.1, 0.15) is 5.56 Å². The first-order valence-electron chi connectivity index (χ1n) is 7.90. The normalized spacial score (nSPS) is 10.9. The van der Waals surface area contributed by atoms with E-state index in [-0.39, 0.29) is 5.82 Å². The first-order valence-corrected chi connectivity index (χ1v) is 8.78. The van der Waals surface area contributed by atoms with Crippen molar-refractivity contribution in [3.8, 4) is 10.7 Å². The second-order valence-electron chi connectivity index (χ2n) is 5.76. The van der Waals surface area contributed by atoms with E-state index in [0.29, 0.717) is 6.54 Å². The van der Waals surface area contributed by atoms with Gasteiger partial charge in [-0.25, -0.2) is 9.37 Å². The molecule has 0 saturated heterocycles. The summed E-state index contributed by atoms with van der Waals surface area (Å²) in [6.45, 7) is 4.65. The van der Waals surface area contributed by atoms with Crippen molar-refractivity contribution in [2.45, 2.75) is 0 Å². The Kier molecular flexibility index (Phi) is 4.07. The molecule has 4 aromatic rings. The maximum Gasteiger partial charge on any atom is 0.148 e. The third-order valence-electron chi connectivity index (χ3n) is 4.00. The predicted octanol–water partition coefficient (Wildman–Crippen LogP) is 5.56. The summed E-state index contributed by atoms with van der Waals surface area (Å²) in [6.07, 6.45) is 0. The van der Waals surface area contributed by atoms with Crippen molar-refractivity contribution in [3.05, 3.63) is 77.9 Å². The first-order chi connectivity index (χ1) is 12.2. The molecule has 124 valence electrons. The van der Waals surface area contributed by atoms with Gasteiger partial charge >= 0.3 is 0 Å². The third kappa shape index (κ3) is 3.32. The van der Waals surface area contributed by atoms with Crippen molar-refractivity contribution >= 4 is 33.6 Å². The summed E-state index contributed by atoms with van der Waals surface area (Å²) in [5.74, 6) is 0.646. The molecular formula is C20H16FN3S. The van der Waals surface area contributed by atoms with Gasteiger partial charge in [0.25, 0.3) is 0 Å². The Hall–Kier alpha value is -2.92. The lowest BCUT2D eigenvalue weighted by Crippen LogP contribution is -2.03. The number of H-pyrrole nitrogens is 1. The van der Waals surface area contributed by atoms with Crippen molar-refractivity contribution in [3.63, 3.8) is 0 Å². The molecule has 0 amide bonds. The number of rotatable bonds is 5. The maximum absolute atomic E-state index is 13.0. The maximum atomic E-state index is 13.0. The van der Waals surface area contributed by atoms with Gasteiger partial charge in [-0.1, -0.05) is 24.8 Å². The molecule has 2 aromatic heterocycles. The molecule has 0 aliphatic carbocycles. The third-order valence-corrected chi connectivity index (χ3v) is 4.87. The highest BCUT2D eigenvalue weighted by Gasteiger charge is 2.07. The van der Waals surface area contributed by atoms with E-state index in [9.17, 15) is 4.39 Å². The average Bonchev–Trinajstić information content (AvgIpc) is 3.29. The smallest absolute Gasteiger partial charge is 0.148 e. The second kappa shape index (κ2) is 6.53. The minimum Gasteiger partial charge on any atom is -0.381 e. The van der Waals surface area contributed by atoms with Gasteiger partial charge in [-0.15, -0.1) is 11.3 Å². The summed E-state index contributed by atoms with van der Waals surface area (Å²) >= 11 is 1.66. The van der Waals surface area contributed by atoms with E-state index >= 15 is 0 Å². The van der Waals surface area contributed by atoms with Crippen LogP contribution in [-0.2, 0) is 0 Å². The van der Waals surface area contributed by atoms with Crippen LogP contribution in [0.15, 0.2) is 66.6 Å². The molecule has 0 saturated carbocycles. The fourth-order valence-electron chi connectivity index (χ4n) is 2.64. The molecule has 0 radical (unpaired) electrons. The van der Waals surface area contributed by atoms with Crippen molar-refractivity contribution in [2.24, 2.45) is 0 Å². The lowest BCUT2D eigenvalue weighted by molar-refractivity contribution is 0.627. The molecule has 0 aliphatic heterocycles. The van der Waals surface area contributed by atoms with Crippen LogP contribution in [0.25, 0.3) is 27.3 Å². The Labute approximate surface area is 148 Å². The van der Waals surface area contributed by atoms with E-state index in [4.69, 9.17) is 0 Å². The monoisotopic (exact) mass is 349 g/mol. The summed E-state index contributed by atoms with van der Waals surface area (Å²) in [7, 11) is 0. The van der Waals surface area contributed by atoms with Crippen LogP contribution in [-0.4, -0.2) is 16.5 Å². The number of nitrogens with one attached hydrogen (secondary N) is 2. The number of hydrogen-bond acceptors (Lipinski definition) is 3. The Morgan fingerprint density at radius 1 is 1.16 bits per heavy atom. The topological polar surface area (TPSA) is 40.7 Å². The van der Waals surface area contributed by atoms with Gasteiger partial charge in [0.15, 0.2) is 0 Å². The van der Waals surface area contributed by atoms with Gasteiger partial charge in [-0.05, 0) is 52.9 Å². The largest absolute Gasteiger partial charge is 0.381 e. The van der Waals surface area contributed by atoms with Crippen LogP contribution in [0, 0.1) is 5.82 Å². The Morgan fingerprint density at radius 2 is 2.00 bits per heavy atom. The van der Waals surface area contributed by atoms with E-state index in [2.05, 4.69) is 21.9 Å². The zero-order valence-electron chi connectivity index (χ0n) is 13.4. The SMILES string of the molecule is C=C(CNc1ccc2[nH]c(-c3cccs3)nc2c1)c1ccc(F)cc1. The summed E-state index contributed by atoms with van der Waals surface area (Å²) in [6, 6.07) is 16.5. The number of hydrogen-bond donors (Lipinski definition) is 2. The van der Waals surface area contributed by atoms with Crippen molar-refractivity contribution < 1.29 is 4.39 Å². The number of benzene rings is 2. The molecule has 2 heterocycles. The van der Waals surface area contributed by atoms with E-state index in [1.165, 1.54) is 12.1 Å². The molecule has 4 rings (SSSR count). The summed E-state index contributed by atoms with van der Waals surface area (Å²) < 4.78 is 13.0. The van der Waals surface area contributed by atoms with E-state index in [1.807, 2.05) is 35.7 Å². The summed E-state index contributed by atoms with van der Waals surface area (Å²) in [5.41, 5.74) is 4.73. The van der Waals surface area contributed by atoms with E-state index in [0.717, 1.165) is 38.6 Å².